The Morgan fingerprint density at radius 2 is 1.73 bits per heavy atom. The van der Waals surface area contributed by atoms with Gasteiger partial charge in [0, 0.05) is 25.3 Å². The second kappa shape index (κ2) is 9.60. The van der Waals surface area contributed by atoms with Crippen molar-refractivity contribution >= 4 is 27.5 Å². The van der Waals surface area contributed by atoms with Gasteiger partial charge in [-0.25, -0.2) is 27.0 Å². The highest BCUT2D eigenvalue weighted by molar-refractivity contribution is 7.92. The minimum absolute atomic E-state index is 0.0175. The van der Waals surface area contributed by atoms with Gasteiger partial charge in [0.25, 0.3) is 10.0 Å². The number of hydrogen-bond donors (Lipinski definition) is 2. The van der Waals surface area contributed by atoms with Crippen LogP contribution in [0.1, 0.15) is 42.5 Å². The molecule has 0 atom stereocenters. The van der Waals surface area contributed by atoms with Crippen LogP contribution in [0.3, 0.4) is 0 Å². The van der Waals surface area contributed by atoms with E-state index in [9.17, 15) is 27.1 Å². The number of carbonyl (C=O) groups is 1. The number of nitrogens with zero attached hydrogens (tertiary/aromatic N) is 3. The summed E-state index contributed by atoms with van der Waals surface area (Å²) < 4.78 is 54.9. The highest BCUT2D eigenvalue weighted by Gasteiger charge is 2.28. The molecule has 0 radical (unpaired) electrons. The fourth-order valence-corrected chi connectivity index (χ4v) is 5.54. The van der Waals surface area contributed by atoms with Crippen molar-refractivity contribution in [2.24, 2.45) is 0 Å². The van der Waals surface area contributed by atoms with Crippen LogP contribution >= 0.6 is 0 Å². The first kappa shape index (κ1) is 23.4. The minimum atomic E-state index is -4.31. The van der Waals surface area contributed by atoms with Gasteiger partial charge in [-0.05, 0) is 63.0 Å². The minimum Gasteiger partial charge on any atom is -0.478 e. The normalized spacial score (nSPS) is 18.3. The van der Waals surface area contributed by atoms with E-state index in [1.165, 1.54) is 31.5 Å². The standard InChI is InChI=1S/C22H26F2N4O4S/c23-18-5-4-17(13-19(18)24)33(31,32)26-20-12-15(22(29)30)14-25-21(20)28-10-6-16(7-11-28)27-8-2-1-3-9-27/h4-5,12-14,16,26H,1-3,6-11H2,(H,29,30). The Hall–Kier alpha value is -2.79. The van der Waals surface area contributed by atoms with Crippen LogP contribution < -0.4 is 9.62 Å². The summed E-state index contributed by atoms with van der Waals surface area (Å²) in [4.78, 5) is 19.6. The van der Waals surface area contributed by atoms with Gasteiger partial charge in [-0.2, -0.15) is 0 Å². The number of sulfonamides is 1. The Balaban J connectivity index is 1.58. The lowest BCUT2D eigenvalue weighted by atomic mass is 10.00. The number of nitrogens with one attached hydrogen (secondary N) is 1. The zero-order valence-electron chi connectivity index (χ0n) is 18.0. The van der Waals surface area contributed by atoms with Gasteiger partial charge in [0.2, 0.25) is 0 Å². The van der Waals surface area contributed by atoms with E-state index in [2.05, 4.69) is 14.6 Å². The van der Waals surface area contributed by atoms with Gasteiger partial charge in [-0.3, -0.25) is 4.72 Å². The van der Waals surface area contributed by atoms with Crippen LogP contribution in [0.15, 0.2) is 35.4 Å². The molecule has 1 aromatic heterocycles. The molecule has 11 heteroatoms. The molecule has 1 aromatic carbocycles. The average Bonchev–Trinajstić information content (AvgIpc) is 2.81. The Kier molecular flexibility index (Phi) is 6.80. The Morgan fingerprint density at radius 1 is 1.03 bits per heavy atom. The first-order valence-electron chi connectivity index (χ1n) is 10.9. The zero-order valence-corrected chi connectivity index (χ0v) is 18.8. The Morgan fingerprint density at radius 3 is 2.36 bits per heavy atom. The van der Waals surface area contributed by atoms with E-state index in [-0.39, 0.29) is 11.3 Å². The van der Waals surface area contributed by atoms with Crippen LogP contribution in [0.25, 0.3) is 0 Å². The third kappa shape index (κ3) is 5.25. The summed E-state index contributed by atoms with van der Waals surface area (Å²) in [6.07, 6.45) is 6.62. The SMILES string of the molecule is O=C(O)c1cnc(N2CCC(N3CCCCC3)CC2)c(NS(=O)(=O)c2ccc(F)c(F)c2)c1. The quantitative estimate of drug-likeness (QED) is 0.654. The summed E-state index contributed by atoms with van der Waals surface area (Å²) in [5, 5.41) is 9.34. The molecule has 2 N–H and O–H groups in total. The smallest absolute Gasteiger partial charge is 0.337 e. The molecule has 0 spiro atoms. The molecule has 2 fully saturated rings. The number of anilines is 2. The summed E-state index contributed by atoms with van der Waals surface area (Å²) in [6, 6.07) is 3.90. The first-order chi connectivity index (χ1) is 15.7. The van der Waals surface area contributed by atoms with Crippen molar-refractivity contribution in [1.82, 2.24) is 9.88 Å². The molecule has 2 aromatic rings. The monoisotopic (exact) mass is 480 g/mol. The van der Waals surface area contributed by atoms with Crippen molar-refractivity contribution < 1.29 is 27.1 Å². The number of aromatic nitrogens is 1. The largest absolute Gasteiger partial charge is 0.478 e. The molecule has 0 bridgehead atoms. The first-order valence-corrected chi connectivity index (χ1v) is 12.4. The van der Waals surface area contributed by atoms with E-state index in [1.807, 2.05) is 4.90 Å². The Bertz CT molecular complexity index is 1130. The number of halogens is 2. The maximum absolute atomic E-state index is 13.6. The molecule has 2 aliphatic heterocycles. The second-order valence-electron chi connectivity index (χ2n) is 8.40. The number of rotatable bonds is 6. The molecule has 2 aliphatic rings. The van der Waals surface area contributed by atoms with Crippen LogP contribution in [0.2, 0.25) is 0 Å². The van der Waals surface area contributed by atoms with Gasteiger partial charge in [-0.1, -0.05) is 6.42 Å². The summed E-state index contributed by atoms with van der Waals surface area (Å²) in [6.45, 7) is 3.46. The van der Waals surface area contributed by atoms with Crippen LogP contribution in [0.5, 0.6) is 0 Å². The van der Waals surface area contributed by atoms with Gasteiger partial charge in [0.1, 0.15) is 0 Å². The van der Waals surface area contributed by atoms with Crippen molar-refractivity contribution in [3.05, 3.63) is 47.7 Å². The Labute approximate surface area is 191 Å². The molecule has 4 rings (SSSR count). The summed E-state index contributed by atoms with van der Waals surface area (Å²) in [5.41, 5.74) is -0.207. The average molecular weight is 481 g/mol. The molecule has 8 nitrogen and oxygen atoms in total. The number of piperidine rings is 2. The second-order valence-corrected chi connectivity index (χ2v) is 10.1. The fraction of sp³-hybridized carbons (Fsp3) is 0.455. The van der Waals surface area contributed by atoms with E-state index in [1.54, 1.807) is 0 Å². The lowest BCUT2D eigenvalue weighted by Crippen LogP contribution is -2.47. The topological polar surface area (TPSA) is 103 Å². The number of carboxylic acid groups (broad SMARTS) is 1. The molecule has 33 heavy (non-hydrogen) atoms. The van der Waals surface area contributed by atoms with Gasteiger partial charge in [0.15, 0.2) is 17.5 Å². The number of benzene rings is 1. The van der Waals surface area contributed by atoms with Crippen LogP contribution in [-0.2, 0) is 10.0 Å². The van der Waals surface area contributed by atoms with Crippen LogP contribution in [0, 0.1) is 11.6 Å². The van der Waals surface area contributed by atoms with Crippen molar-refractivity contribution in [2.75, 3.05) is 35.8 Å². The van der Waals surface area contributed by atoms with E-state index in [0.29, 0.717) is 31.0 Å². The highest BCUT2D eigenvalue weighted by atomic mass is 32.2. The van der Waals surface area contributed by atoms with Gasteiger partial charge < -0.3 is 14.9 Å². The molecule has 0 saturated carbocycles. The molecule has 0 aliphatic carbocycles. The fourth-order valence-electron chi connectivity index (χ4n) is 4.48. The van der Waals surface area contributed by atoms with E-state index in [0.717, 1.165) is 38.1 Å². The van der Waals surface area contributed by atoms with E-state index < -0.39 is 32.5 Å². The lowest BCUT2D eigenvalue weighted by molar-refractivity contribution is 0.0696. The number of hydrogen-bond acceptors (Lipinski definition) is 6. The van der Waals surface area contributed by atoms with E-state index in [4.69, 9.17) is 0 Å². The third-order valence-electron chi connectivity index (χ3n) is 6.23. The molecule has 178 valence electrons. The van der Waals surface area contributed by atoms with Gasteiger partial charge in [0.05, 0.1) is 16.1 Å². The zero-order chi connectivity index (χ0) is 23.6. The maximum Gasteiger partial charge on any atom is 0.337 e. The van der Waals surface area contributed by atoms with Crippen molar-refractivity contribution in [1.29, 1.82) is 0 Å². The van der Waals surface area contributed by atoms with Gasteiger partial charge >= 0.3 is 5.97 Å². The third-order valence-corrected chi connectivity index (χ3v) is 7.59. The number of pyridine rings is 1. The molecular formula is C22H26F2N4O4S. The van der Waals surface area contributed by atoms with Crippen molar-refractivity contribution in [2.45, 2.75) is 43.0 Å². The maximum atomic E-state index is 13.6. The predicted octanol–water partition coefficient (Wildman–Crippen LogP) is 3.31. The van der Waals surface area contributed by atoms with Gasteiger partial charge in [-0.15, -0.1) is 0 Å². The number of likely N-dealkylation sites (tertiary alicyclic amines) is 1. The highest BCUT2D eigenvalue weighted by Crippen LogP contribution is 2.31. The number of aromatic carboxylic acids is 1. The van der Waals surface area contributed by atoms with Crippen LogP contribution in [-0.4, -0.2) is 61.6 Å². The number of carboxylic acids is 1. The molecule has 2 saturated heterocycles. The molecule has 0 unspecified atom stereocenters. The van der Waals surface area contributed by atoms with Crippen LogP contribution in [0.4, 0.5) is 20.3 Å². The lowest BCUT2D eigenvalue weighted by Gasteiger charge is -2.40. The van der Waals surface area contributed by atoms with E-state index >= 15 is 0 Å². The van der Waals surface area contributed by atoms with Crippen molar-refractivity contribution in [3.8, 4) is 0 Å². The van der Waals surface area contributed by atoms with Crippen molar-refractivity contribution in [3.63, 3.8) is 0 Å². The summed E-state index contributed by atoms with van der Waals surface area (Å²) in [7, 11) is -4.31. The molecular weight excluding hydrogens is 454 g/mol. The molecule has 3 heterocycles. The molecule has 0 amide bonds. The predicted molar refractivity (Wildman–Crippen MR) is 119 cm³/mol. The summed E-state index contributed by atoms with van der Waals surface area (Å²) >= 11 is 0. The summed E-state index contributed by atoms with van der Waals surface area (Å²) in [5.74, 6) is -3.41.